The molecule has 4 nitrogen and oxygen atoms in total. The van der Waals surface area contributed by atoms with Gasteiger partial charge >= 0.3 is 0 Å². The van der Waals surface area contributed by atoms with E-state index in [1.807, 2.05) is 0 Å². The number of rotatable bonds is 3. The Hall–Kier alpha value is -1.32. The topological polar surface area (TPSA) is 44.1 Å². The van der Waals surface area contributed by atoms with E-state index in [0.29, 0.717) is 11.8 Å². The highest BCUT2D eigenvalue weighted by Gasteiger charge is 2.18. The van der Waals surface area contributed by atoms with Crippen LogP contribution in [0.5, 0.6) is 5.88 Å². The van der Waals surface area contributed by atoms with Crippen molar-refractivity contribution < 1.29 is 4.74 Å². The van der Waals surface area contributed by atoms with Crippen LogP contribution in [0.2, 0.25) is 0 Å². The van der Waals surface area contributed by atoms with Gasteiger partial charge in [-0.1, -0.05) is 6.42 Å². The third kappa shape index (κ3) is 1.95. The molecule has 0 N–H and O–H groups in total. The normalized spacial score (nSPS) is 16.4. The van der Waals surface area contributed by atoms with Crippen molar-refractivity contribution >= 4 is 0 Å². The zero-order valence-corrected chi connectivity index (χ0v) is 8.27. The van der Waals surface area contributed by atoms with Crippen LogP contribution in [0.25, 0.3) is 0 Å². The van der Waals surface area contributed by atoms with Gasteiger partial charge in [-0.3, -0.25) is 4.79 Å². The van der Waals surface area contributed by atoms with Crippen molar-refractivity contribution in [3.05, 3.63) is 22.5 Å². The largest absolute Gasteiger partial charge is 0.476 e. The highest BCUT2D eigenvalue weighted by Crippen LogP contribution is 2.26. The maximum absolute atomic E-state index is 11.0. The second-order valence-electron chi connectivity index (χ2n) is 3.74. The Bertz CT molecular complexity index is 369. The molecule has 0 aromatic carbocycles. The third-order valence-corrected chi connectivity index (χ3v) is 2.63. The molecule has 14 heavy (non-hydrogen) atoms. The first-order valence-corrected chi connectivity index (χ1v) is 4.93. The maximum Gasteiger partial charge on any atom is 0.266 e. The van der Waals surface area contributed by atoms with Crippen LogP contribution in [-0.2, 0) is 7.05 Å². The highest BCUT2D eigenvalue weighted by molar-refractivity contribution is 5.06. The van der Waals surface area contributed by atoms with Crippen LogP contribution < -0.4 is 10.3 Å². The number of aromatic nitrogens is 2. The molecule has 4 heteroatoms. The Morgan fingerprint density at radius 1 is 1.57 bits per heavy atom. The first-order chi connectivity index (χ1) is 6.75. The molecule has 0 amide bonds. The van der Waals surface area contributed by atoms with Gasteiger partial charge in [0.1, 0.15) is 0 Å². The Balaban J connectivity index is 1.95. The van der Waals surface area contributed by atoms with E-state index < -0.39 is 0 Å². The van der Waals surface area contributed by atoms with Gasteiger partial charge < -0.3 is 4.74 Å². The monoisotopic (exact) mass is 194 g/mol. The Morgan fingerprint density at radius 3 is 2.93 bits per heavy atom. The summed E-state index contributed by atoms with van der Waals surface area (Å²) in [6.07, 6.45) is 3.83. The van der Waals surface area contributed by atoms with Crippen LogP contribution >= 0.6 is 0 Å². The van der Waals surface area contributed by atoms with E-state index in [-0.39, 0.29) is 5.56 Å². The van der Waals surface area contributed by atoms with Crippen molar-refractivity contribution in [3.63, 3.8) is 0 Å². The standard InChI is InChI=1S/C10H14N2O2/c1-12-10(13)6-5-9(11-12)14-7-8-3-2-4-8/h5-6,8H,2-4,7H2,1H3. The summed E-state index contributed by atoms with van der Waals surface area (Å²) in [5, 5.41) is 3.99. The Kier molecular flexibility index (Phi) is 2.52. The lowest BCUT2D eigenvalue weighted by molar-refractivity contribution is 0.173. The second-order valence-corrected chi connectivity index (χ2v) is 3.74. The first-order valence-electron chi connectivity index (χ1n) is 4.93. The van der Waals surface area contributed by atoms with E-state index in [2.05, 4.69) is 5.10 Å². The van der Waals surface area contributed by atoms with E-state index in [1.54, 1.807) is 13.1 Å². The minimum absolute atomic E-state index is 0.110. The van der Waals surface area contributed by atoms with E-state index in [9.17, 15) is 4.79 Å². The molecule has 76 valence electrons. The highest BCUT2D eigenvalue weighted by atomic mass is 16.5. The molecule has 1 aliphatic carbocycles. The fourth-order valence-electron chi connectivity index (χ4n) is 1.42. The van der Waals surface area contributed by atoms with Crippen molar-refractivity contribution in [2.45, 2.75) is 19.3 Å². The van der Waals surface area contributed by atoms with Crippen LogP contribution in [0.15, 0.2) is 16.9 Å². The van der Waals surface area contributed by atoms with Gasteiger partial charge in [-0.2, -0.15) is 0 Å². The molecular formula is C10H14N2O2. The van der Waals surface area contributed by atoms with Crippen molar-refractivity contribution in [2.75, 3.05) is 6.61 Å². The maximum atomic E-state index is 11.0. The fraction of sp³-hybridized carbons (Fsp3) is 0.600. The molecule has 0 saturated heterocycles. The molecule has 0 radical (unpaired) electrons. The van der Waals surface area contributed by atoms with Crippen molar-refractivity contribution in [3.8, 4) is 5.88 Å². The van der Waals surface area contributed by atoms with Crippen molar-refractivity contribution in [2.24, 2.45) is 13.0 Å². The summed E-state index contributed by atoms with van der Waals surface area (Å²) in [4.78, 5) is 11.0. The molecular weight excluding hydrogens is 180 g/mol. The number of hydrogen-bond donors (Lipinski definition) is 0. The minimum Gasteiger partial charge on any atom is -0.476 e. The SMILES string of the molecule is Cn1nc(OCC2CCC2)ccc1=O. The summed E-state index contributed by atoms with van der Waals surface area (Å²) in [5.41, 5.74) is -0.110. The van der Waals surface area contributed by atoms with Crippen LogP contribution in [0.1, 0.15) is 19.3 Å². The molecule has 0 bridgehead atoms. The van der Waals surface area contributed by atoms with Crippen LogP contribution in [-0.4, -0.2) is 16.4 Å². The first kappa shape index (κ1) is 9.24. The smallest absolute Gasteiger partial charge is 0.266 e. The molecule has 2 rings (SSSR count). The fourth-order valence-corrected chi connectivity index (χ4v) is 1.42. The van der Waals surface area contributed by atoms with E-state index in [1.165, 1.54) is 30.0 Å². The molecule has 0 aliphatic heterocycles. The Morgan fingerprint density at radius 2 is 2.36 bits per heavy atom. The minimum atomic E-state index is -0.110. The lowest BCUT2D eigenvalue weighted by Crippen LogP contribution is -2.22. The molecule has 0 unspecified atom stereocenters. The van der Waals surface area contributed by atoms with Crippen molar-refractivity contribution in [1.82, 2.24) is 9.78 Å². The van der Waals surface area contributed by atoms with Gasteiger partial charge in [0, 0.05) is 19.2 Å². The van der Waals surface area contributed by atoms with Crippen LogP contribution in [0, 0.1) is 5.92 Å². The summed E-state index contributed by atoms with van der Waals surface area (Å²) in [6.45, 7) is 0.727. The van der Waals surface area contributed by atoms with Crippen molar-refractivity contribution in [1.29, 1.82) is 0 Å². The zero-order chi connectivity index (χ0) is 9.97. The lowest BCUT2D eigenvalue weighted by atomic mass is 9.86. The van der Waals surface area contributed by atoms with Crippen LogP contribution in [0.3, 0.4) is 0 Å². The summed E-state index contributed by atoms with van der Waals surface area (Å²) in [5.74, 6) is 1.23. The van der Waals surface area contributed by atoms with E-state index in [4.69, 9.17) is 4.74 Å². The molecule has 0 atom stereocenters. The van der Waals surface area contributed by atoms with Gasteiger partial charge in [0.25, 0.3) is 5.56 Å². The summed E-state index contributed by atoms with van der Waals surface area (Å²) in [6, 6.07) is 3.10. The summed E-state index contributed by atoms with van der Waals surface area (Å²) < 4.78 is 6.76. The number of aryl methyl sites for hydroxylation is 1. The predicted molar refractivity (Wildman–Crippen MR) is 52.3 cm³/mol. The predicted octanol–water partition coefficient (Wildman–Crippen LogP) is 0.959. The zero-order valence-electron chi connectivity index (χ0n) is 8.27. The van der Waals surface area contributed by atoms with E-state index in [0.717, 1.165) is 6.61 Å². The van der Waals surface area contributed by atoms with Gasteiger partial charge in [-0.25, -0.2) is 4.68 Å². The third-order valence-electron chi connectivity index (χ3n) is 2.63. The van der Waals surface area contributed by atoms with Gasteiger partial charge in [0.2, 0.25) is 5.88 Å². The summed E-state index contributed by atoms with van der Waals surface area (Å²) in [7, 11) is 1.62. The van der Waals surface area contributed by atoms with Gasteiger partial charge in [0.15, 0.2) is 0 Å². The number of hydrogen-bond acceptors (Lipinski definition) is 3. The molecule has 1 aromatic rings. The van der Waals surface area contributed by atoms with Crippen LogP contribution in [0.4, 0.5) is 0 Å². The molecule has 1 heterocycles. The summed E-state index contributed by atoms with van der Waals surface area (Å²) >= 11 is 0. The average molecular weight is 194 g/mol. The van der Waals surface area contributed by atoms with Gasteiger partial charge in [-0.15, -0.1) is 5.10 Å². The van der Waals surface area contributed by atoms with E-state index >= 15 is 0 Å². The Labute approximate surface area is 82.5 Å². The molecule has 1 saturated carbocycles. The lowest BCUT2D eigenvalue weighted by Gasteiger charge is -2.24. The molecule has 1 aromatic heterocycles. The number of nitrogens with zero attached hydrogens (tertiary/aromatic N) is 2. The molecule has 0 spiro atoms. The quantitative estimate of drug-likeness (QED) is 0.719. The second kappa shape index (κ2) is 3.82. The van der Waals surface area contributed by atoms with Gasteiger partial charge in [0.05, 0.1) is 6.61 Å². The molecule has 1 fully saturated rings. The molecule has 1 aliphatic rings. The number of ether oxygens (including phenoxy) is 1. The van der Waals surface area contributed by atoms with Gasteiger partial charge in [-0.05, 0) is 18.8 Å². The average Bonchev–Trinajstić information content (AvgIpc) is 2.08.